The van der Waals surface area contributed by atoms with Gasteiger partial charge in [0.25, 0.3) is 0 Å². The summed E-state index contributed by atoms with van der Waals surface area (Å²) in [5.41, 5.74) is 1.77. The van der Waals surface area contributed by atoms with E-state index in [1.165, 1.54) is 11.3 Å². The fourth-order valence-corrected chi connectivity index (χ4v) is 4.82. The van der Waals surface area contributed by atoms with Gasteiger partial charge in [0, 0.05) is 37.3 Å². The van der Waals surface area contributed by atoms with E-state index in [1.54, 1.807) is 11.0 Å². The fourth-order valence-electron chi connectivity index (χ4n) is 3.62. The average molecular weight is 477 g/mol. The average Bonchev–Trinajstić information content (AvgIpc) is 3.27. The molecule has 2 saturated heterocycles. The number of ether oxygens (including phenoxy) is 1. The number of benzene rings is 1. The summed E-state index contributed by atoms with van der Waals surface area (Å²) in [6, 6.07) is 10.9. The lowest BCUT2D eigenvalue weighted by molar-refractivity contribution is -0.117. The van der Waals surface area contributed by atoms with Crippen molar-refractivity contribution in [1.29, 1.82) is 5.41 Å². The van der Waals surface area contributed by atoms with Crippen molar-refractivity contribution in [1.82, 2.24) is 5.32 Å². The van der Waals surface area contributed by atoms with E-state index in [2.05, 4.69) is 21.2 Å². The molecule has 2 amide bonds. The van der Waals surface area contributed by atoms with E-state index in [0.29, 0.717) is 17.4 Å². The first-order valence-electron chi connectivity index (χ1n) is 9.48. The summed E-state index contributed by atoms with van der Waals surface area (Å²) in [5.74, 6) is 0.606. The summed E-state index contributed by atoms with van der Waals surface area (Å²) >= 11 is 4.65. The molecular formula is C20H21BrN4O3S. The number of hydrogen-bond donors (Lipinski definition) is 2. The van der Waals surface area contributed by atoms with Gasteiger partial charge < -0.3 is 19.9 Å². The number of carbonyl (C=O) groups is 2. The quantitative estimate of drug-likeness (QED) is 0.685. The summed E-state index contributed by atoms with van der Waals surface area (Å²) in [5, 5.41) is 11.4. The molecule has 1 aromatic heterocycles. The maximum atomic E-state index is 12.5. The number of hydrogen-bond acceptors (Lipinski definition) is 5. The second-order valence-corrected chi connectivity index (χ2v) is 9.50. The monoisotopic (exact) mass is 476 g/mol. The van der Waals surface area contributed by atoms with Crippen LogP contribution in [-0.4, -0.2) is 37.0 Å². The predicted octanol–water partition coefficient (Wildman–Crippen LogP) is 4.37. The Morgan fingerprint density at radius 1 is 1.14 bits per heavy atom. The molecule has 2 aliphatic rings. The highest BCUT2D eigenvalue weighted by Gasteiger charge is 2.32. The predicted molar refractivity (Wildman–Crippen MR) is 117 cm³/mol. The van der Waals surface area contributed by atoms with Crippen molar-refractivity contribution in [2.45, 2.75) is 31.7 Å². The molecule has 0 spiro atoms. The summed E-state index contributed by atoms with van der Waals surface area (Å²) in [7, 11) is 0. The Hall–Kier alpha value is -2.39. The molecule has 0 saturated carbocycles. The van der Waals surface area contributed by atoms with Crippen molar-refractivity contribution < 1.29 is 14.3 Å². The lowest BCUT2D eigenvalue weighted by Crippen LogP contribution is -2.38. The first-order valence-corrected chi connectivity index (χ1v) is 11.1. The van der Waals surface area contributed by atoms with Gasteiger partial charge in [-0.3, -0.25) is 10.2 Å². The summed E-state index contributed by atoms with van der Waals surface area (Å²) in [4.78, 5) is 28.2. The molecular weight excluding hydrogens is 456 g/mol. The maximum Gasteiger partial charge on any atom is 0.413 e. The molecule has 2 aliphatic heterocycles. The van der Waals surface area contributed by atoms with Gasteiger partial charge in [-0.25, -0.2) is 4.79 Å². The van der Waals surface area contributed by atoms with Gasteiger partial charge in [-0.15, -0.1) is 0 Å². The topological polar surface area (TPSA) is 85.7 Å². The standard InChI is InChI=1S/C20H21BrN4O3S/c21-16-8-9-19(29-16)28-20(27)23-13-11-18(26)25(12-13)15-6-4-14(5-7-15)24-10-2-1-3-17(24)22/h4-9,13,22H,1-3,10-12H2,(H,23,27). The Balaban J connectivity index is 1.36. The normalized spacial score (nSPS) is 19.6. The molecule has 0 aliphatic carbocycles. The van der Waals surface area contributed by atoms with Crippen LogP contribution in [0, 0.1) is 5.41 Å². The van der Waals surface area contributed by atoms with Crippen LogP contribution in [0.4, 0.5) is 16.2 Å². The molecule has 1 unspecified atom stereocenters. The van der Waals surface area contributed by atoms with Crippen LogP contribution >= 0.6 is 27.3 Å². The third kappa shape index (κ3) is 4.62. The third-order valence-electron chi connectivity index (χ3n) is 5.03. The second kappa shape index (κ2) is 8.54. The van der Waals surface area contributed by atoms with Crippen molar-refractivity contribution in [3.8, 4) is 5.06 Å². The first kappa shape index (κ1) is 19.9. The van der Waals surface area contributed by atoms with E-state index in [9.17, 15) is 9.59 Å². The molecule has 1 aromatic carbocycles. The SMILES string of the molecule is N=C1CCCCN1c1ccc(N2CC(NC(=O)Oc3ccc(Br)s3)CC2=O)cc1. The van der Waals surface area contributed by atoms with Crippen molar-refractivity contribution in [3.05, 3.63) is 40.2 Å². The second-order valence-electron chi connectivity index (χ2n) is 7.07. The number of thiophene rings is 1. The minimum absolute atomic E-state index is 0.0346. The zero-order valence-corrected chi connectivity index (χ0v) is 18.1. The van der Waals surface area contributed by atoms with Crippen molar-refractivity contribution in [2.75, 3.05) is 22.9 Å². The number of nitrogens with one attached hydrogen (secondary N) is 2. The lowest BCUT2D eigenvalue weighted by Gasteiger charge is -2.29. The fraction of sp³-hybridized carbons (Fsp3) is 0.350. The smallest absolute Gasteiger partial charge is 0.399 e. The Kier molecular flexibility index (Phi) is 5.86. The van der Waals surface area contributed by atoms with Crippen LogP contribution in [0.25, 0.3) is 0 Å². The maximum absolute atomic E-state index is 12.5. The molecule has 1 atom stereocenters. The number of piperidine rings is 1. The van der Waals surface area contributed by atoms with Gasteiger partial charge in [-0.1, -0.05) is 11.3 Å². The van der Waals surface area contributed by atoms with Crippen LogP contribution in [0.5, 0.6) is 5.06 Å². The summed E-state index contributed by atoms with van der Waals surface area (Å²) in [6.45, 7) is 1.26. The Morgan fingerprint density at radius 3 is 2.52 bits per heavy atom. The van der Waals surface area contributed by atoms with E-state index in [4.69, 9.17) is 10.1 Å². The van der Waals surface area contributed by atoms with Crippen LogP contribution in [0.15, 0.2) is 40.2 Å². The van der Waals surface area contributed by atoms with E-state index >= 15 is 0 Å². The van der Waals surface area contributed by atoms with E-state index in [1.807, 2.05) is 35.2 Å². The van der Waals surface area contributed by atoms with Gasteiger partial charge in [-0.2, -0.15) is 0 Å². The van der Waals surface area contributed by atoms with Crippen molar-refractivity contribution >= 4 is 56.5 Å². The first-order chi connectivity index (χ1) is 14.0. The van der Waals surface area contributed by atoms with Crippen LogP contribution in [0.1, 0.15) is 25.7 Å². The van der Waals surface area contributed by atoms with Gasteiger partial charge in [0.2, 0.25) is 5.91 Å². The highest BCUT2D eigenvalue weighted by Crippen LogP contribution is 2.29. The van der Waals surface area contributed by atoms with Gasteiger partial charge in [0.15, 0.2) is 5.06 Å². The van der Waals surface area contributed by atoms with Crippen molar-refractivity contribution in [3.63, 3.8) is 0 Å². The highest BCUT2D eigenvalue weighted by atomic mass is 79.9. The molecule has 7 nitrogen and oxygen atoms in total. The number of carbonyl (C=O) groups excluding carboxylic acids is 2. The summed E-state index contributed by atoms with van der Waals surface area (Å²) in [6.07, 6.45) is 2.63. The molecule has 2 fully saturated rings. The molecule has 2 N–H and O–H groups in total. The van der Waals surface area contributed by atoms with E-state index in [-0.39, 0.29) is 18.4 Å². The van der Waals surface area contributed by atoms with Crippen LogP contribution < -0.4 is 19.9 Å². The largest absolute Gasteiger partial charge is 0.413 e. The van der Waals surface area contributed by atoms with Gasteiger partial charge in [-0.05, 0) is 65.2 Å². The van der Waals surface area contributed by atoms with Crippen LogP contribution in [-0.2, 0) is 4.79 Å². The summed E-state index contributed by atoms with van der Waals surface area (Å²) < 4.78 is 6.13. The zero-order chi connectivity index (χ0) is 20.4. The van der Waals surface area contributed by atoms with Crippen molar-refractivity contribution in [2.24, 2.45) is 0 Å². The number of rotatable bonds is 4. The van der Waals surface area contributed by atoms with E-state index in [0.717, 1.165) is 41.0 Å². The zero-order valence-electron chi connectivity index (χ0n) is 15.7. The molecule has 29 heavy (non-hydrogen) atoms. The van der Waals surface area contributed by atoms with Crippen LogP contribution in [0.2, 0.25) is 0 Å². The minimum Gasteiger partial charge on any atom is -0.399 e. The number of anilines is 2. The molecule has 2 aromatic rings. The number of amidine groups is 1. The Morgan fingerprint density at radius 2 is 1.86 bits per heavy atom. The third-order valence-corrected chi connectivity index (χ3v) is 6.53. The number of halogens is 1. The molecule has 3 heterocycles. The number of nitrogens with zero attached hydrogens (tertiary/aromatic N) is 2. The molecule has 0 radical (unpaired) electrons. The van der Waals surface area contributed by atoms with Gasteiger partial charge in [0.1, 0.15) is 5.84 Å². The molecule has 0 bridgehead atoms. The minimum atomic E-state index is -0.557. The lowest BCUT2D eigenvalue weighted by atomic mass is 10.1. The van der Waals surface area contributed by atoms with Crippen LogP contribution in [0.3, 0.4) is 0 Å². The Labute approximate surface area is 181 Å². The molecule has 152 valence electrons. The highest BCUT2D eigenvalue weighted by molar-refractivity contribution is 9.11. The molecule has 4 rings (SSSR count). The van der Waals surface area contributed by atoms with E-state index < -0.39 is 6.09 Å². The van der Waals surface area contributed by atoms with Gasteiger partial charge in [0.05, 0.1) is 9.83 Å². The molecule has 9 heteroatoms. The number of amides is 2. The Bertz CT molecular complexity index is 930. The van der Waals surface area contributed by atoms with Gasteiger partial charge >= 0.3 is 6.09 Å².